The Labute approximate surface area is 162 Å². The number of thiazole rings is 1. The molecule has 3 aromatic rings. The lowest BCUT2D eigenvalue weighted by atomic mass is 9.93. The second-order valence-corrected chi connectivity index (χ2v) is 7.93. The number of anilines is 1. The van der Waals surface area contributed by atoms with Crippen LogP contribution in [0.5, 0.6) is 0 Å². The molecule has 0 bridgehead atoms. The molecule has 7 heteroatoms. The Bertz CT molecular complexity index is 938. The number of nitrogens with two attached hydrogens (primary N) is 1. The molecule has 27 heavy (non-hydrogen) atoms. The fourth-order valence-corrected chi connectivity index (χ4v) is 4.79. The third-order valence-electron chi connectivity index (χ3n) is 5.09. The summed E-state index contributed by atoms with van der Waals surface area (Å²) in [4.78, 5) is 7.14. The summed E-state index contributed by atoms with van der Waals surface area (Å²) in [6, 6.07) is 16.3. The molecule has 0 unspecified atom stereocenters. The van der Waals surface area contributed by atoms with Crippen LogP contribution in [0.15, 0.2) is 58.9 Å². The van der Waals surface area contributed by atoms with Crippen LogP contribution in [0.2, 0.25) is 0 Å². The average Bonchev–Trinajstić information content (AvgIpc) is 3.11. The van der Waals surface area contributed by atoms with Gasteiger partial charge in [0.2, 0.25) is 0 Å². The van der Waals surface area contributed by atoms with Crippen LogP contribution in [0.1, 0.15) is 23.4 Å². The zero-order valence-corrected chi connectivity index (χ0v) is 15.8. The largest absolute Gasteiger partial charge is 0.382 e. The van der Waals surface area contributed by atoms with Crippen LogP contribution < -0.4 is 10.6 Å². The molecule has 0 saturated carbocycles. The number of rotatable bonds is 5. The molecule has 1 aromatic heterocycles. The highest BCUT2D eigenvalue weighted by molar-refractivity contribution is 7.18. The van der Waals surface area contributed by atoms with Crippen LogP contribution >= 0.6 is 11.3 Å². The molecule has 2 heterocycles. The number of amidine groups is 1. The highest BCUT2D eigenvalue weighted by Gasteiger charge is 2.23. The van der Waals surface area contributed by atoms with Crippen molar-refractivity contribution in [3.05, 3.63) is 59.1 Å². The first-order valence-corrected chi connectivity index (χ1v) is 9.95. The van der Waals surface area contributed by atoms with E-state index < -0.39 is 0 Å². The number of nitrogens with zero attached hydrogens (tertiary/aromatic N) is 4. The van der Waals surface area contributed by atoms with Gasteiger partial charge >= 0.3 is 0 Å². The Morgan fingerprint density at radius 1 is 1.15 bits per heavy atom. The molecule has 0 amide bonds. The Hall–Kier alpha value is -2.80. The molecule has 1 fully saturated rings. The Morgan fingerprint density at radius 2 is 1.89 bits per heavy atom. The monoisotopic (exact) mass is 378 g/mol. The summed E-state index contributed by atoms with van der Waals surface area (Å²) < 4.78 is 1.27. The predicted molar refractivity (Wildman–Crippen MR) is 111 cm³/mol. The minimum absolute atomic E-state index is 0.289. The van der Waals surface area contributed by atoms with Gasteiger partial charge in [-0.15, -0.1) is 16.4 Å². The van der Waals surface area contributed by atoms with Crippen LogP contribution in [0, 0.1) is 11.4 Å². The molecular formula is C20H22N6S. The second-order valence-electron chi connectivity index (χ2n) is 6.81. The molecule has 0 atom stereocenters. The molecule has 0 radical (unpaired) electrons. The summed E-state index contributed by atoms with van der Waals surface area (Å²) in [6.07, 6.45) is 3.31. The van der Waals surface area contributed by atoms with E-state index in [0.717, 1.165) is 49.1 Å². The summed E-state index contributed by atoms with van der Waals surface area (Å²) in [5.74, 6) is 0.945. The molecule has 1 aliphatic heterocycles. The first-order chi connectivity index (χ1) is 13.2. The topological polar surface area (TPSA) is 90.7 Å². The van der Waals surface area contributed by atoms with Crippen molar-refractivity contribution in [3.63, 3.8) is 0 Å². The van der Waals surface area contributed by atoms with Crippen molar-refractivity contribution in [1.29, 1.82) is 5.53 Å². The van der Waals surface area contributed by atoms with Gasteiger partial charge in [-0.05, 0) is 43.0 Å². The number of aromatic nitrogens is 1. The maximum atomic E-state index is 6.91. The highest BCUT2D eigenvalue weighted by atomic mass is 32.1. The molecule has 4 rings (SSSR count). The van der Waals surface area contributed by atoms with E-state index >= 15 is 0 Å². The van der Waals surface area contributed by atoms with Gasteiger partial charge in [0.1, 0.15) is 0 Å². The average molecular weight is 379 g/mol. The van der Waals surface area contributed by atoms with Gasteiger partial charge in [-0.1, -0.05) is 29.5 Å². The maximum absolute atomic E-state index is 6.91. The van der Waals surface area contributed by atoms with E-state index in [9.17, 15) is 0 Å². The Morgan fingerprint density at radius 3 is 2.67 bits per heavy atom. The quantitative estimate of drug-likeness (QED) is 0.298. The van der Waals surface area contributed by atoms with E-state index in [1.807, 2.05) is 35.6 Å². The van der Waals surface area contributed by atoms with Crippen molar-refractivity contribution in [3.8, 4) is 0 Å². The van der Waals surface area contributed by atoms with Gasteiger partial charge in [-0.2, -0.15) is 5.53 Å². The lowest BCUT2D eigenvalue weighted by molar-refractivity contribution is 0.403. The molecule has 0 aliphatic carbocycles. The van der Waals surface area contributed by atoms with Crippen molar-refractivity contribution in [2.45, 2.75) is 19.3 Å². The maximum Gasteiger partial charge on any atom is 0.157 e. The molecule has 6 nitrogen and oxygen atoms in total. The fraction of sp³-hybridized carbons (Fsp3) is 0.300. The van der Waals surface area contributed by atoms with Crippen molar-refractivity contribution in [2.75, 3.05) is 18.0 Å². The fourth-order valence-electron chi connectivity index (χ4n) is 3.71. The van der Waals surface area contributed by atoms with E-state index in [1.165, 1.54) is 9.71 Å². The van der Waals surface area contributed by atoms with E-state index in [4.69, 9.17) is 16.2 Å². The summed E-state index contributed by atoms with van der Waals surface area (Å²) in [5.41, 5.74) is 15.9. The summed E-state index contributed by atoms with van der Waals surface area (Å²) in [5, 5.41) is 8.00. The SMILES string of the molecule is N=NN=C(N)c1ccccc1N1CCC(Cc2nc3ccccc3s2)CC1. The summed E-state index contributed by atoms with van der Waals surface area (Å²) >= 11 is 1.81. The minimum Gasteiger partial charge on any atom is -0.382 e. The third kappa shape index (κ3) is 3.83. The van der Waals surface area contributed by atoms with Gasteiger partial charge in [0, 0.05) is 30.8 Å². The highest BCUT2D eigenvalue weighted by Crippen LogP contribution is 2.30. The molecule has 2 aromatic carbocycles. The van der Waals surface area contributed by atoms with Crippen molar-refractivity contribution >= 4 is 33.1 Å². The van der Waals surface area contributed by atoms with Crippen molar-refractivity contribution < 1.29 is 0 Å². The first kappa shape index (κ1) is 17.6. The van der Waals surface area contributed by atoms with Gasteiger partial charge < -0.3 is 10.6 Å². The molecule has 1 aliphatic rings. The molecule has 138 valence electrons. The minimum atomic E-state index is 0.289. The Balaban J connectivity index is 1.43. The first-order valence-electron chi connectivity index (χ1n) is 9.13. The molecule has 3 N–H and O–H groups in total. The van der Waals surface area contributed by atoms with Crippen molar-refractivity contribution in [2.24, 2.45) is 22.0 Å². The second kappa shape index (κ2) is 7.84. The standard InChI is InChI=1S/C20H22N6S/c21-20(24-25-22)15-5-1-3-7-17(15)26-11-9-14(10-12-26)13-19-23-16-6-2-4-8-18(16)27-19/h1-8,14H,9-13H2,(H3,21,22,24). The van der Waals surface area contributed by atoms with Crippen LogP contribution in [-0.2, 0) is 6.42 Å². The number of hydrogen-bond donors (Lipinski definition) is 2. The number of benzene rings is 2. The van der Waals surface area contributed by atoms with Gasteiger partial charge in [0.25, 0.3) is 0 Å². The zero-order valence-electron chi connectivity index (χ0n) is 15.0. The number of hydrogen-bond acceptors (Lipinski definition) is 5. The van der Waals surface area contributed by atoms with Crippen LogP contribution in [-0.4, -0.2) is 23.9 Å². The van der Waals surface area contributed by atoms with E-state index in [-0.39, 0.29) is 5.84 Å². The predicted octanol–water partition coefficient (Wildman–Crippen LogP) is 4.41. The van der Waals surface area contributed by atoms with E-state index in [0.29, 0.717) is 5.92 Å². The molecule has 1 saturated heterocycles. The third-order valence-corrected chi connectivity index (χ3v) is 6.15. The number of piperidine rings is 1. The number of fused-ring (bicyclic) bond motifs is 1. The Kier molecular flexibility index (Phi) is 5.11. The van der Waals surface area contributed by atoms with Gasteiger partial charge in [-0.25, -0.2) is 4.98 Å². The number of para-hydroxylation sites is 2. The number of nitrogens with one attached hydrogen (secondary N) is 1. The smallest absolute Gasteiger partial charge is 0.157 e. The summed E-state index contributed by atoms with van der Waals surface area (Å²) in [7, 11) is 0. The van der Waals surface area contributed by atoms with Crippen molar-refractivity contribution in [1.82, 2.24) is 4.98 Å². The van der Waals surface area contributed by atoms with Gasteiger partial charge in [-0.3, -0.25) is 0 Å². The lowest BCUT2D eigenvalue weighted by Crippen LogP contribution is -2.35. The van der Waals surface area contributed by atoms with E-state index in [1.54, 1.807) is 0 Å². The lowest BCUT2D eigenvalue weighted by Gasteiger charge is -2.34. The van der Waals surface area contributed by atoms with Gasteiger partial charge in [0.05, 0.1) is 15.2 Å². The van der Waals surface area contributed by atoms with Crippen LogP contribution in [0.3, 0.4) is 0 Å². The molecular weight excluding hydrogens is 356 g/mol. The van der Waals surface area contributed by atoms with Gasteiger partial charge in [0.15, 0.2) is 5.84 Å². The normalized spacial score (nSPS) is 16.0. The van der Waals surface area contributed by atoms with Crippen LogP contribution in [0.4, 0.5) is 5.69 Å². The van der Waals surface area contributed by atoms with Crippen LogP contribution in [0.25, 0.3) is 10.2 Å². The summed E-state index contributed by atoms with van der Waals surface area (Å²) in [6.45, 7) is 1.97. The van der Waals surface area contributed by atoms with E-state index in [2.05, 4.69) is 39.5 Å². The molecule has 0 spiro atoms. The zero-order chi connectivity index (χ0) is 18.6.